The minimum absolute atomic E-state index is 0.0745. The lowest BCUT2D eigenvalue weighted by molar-refractivity contribution is 0.0685. The Labute approximate surface area is 118 Å². The molecular weight excluding hydrogens is 264 g/mol. The summed E-state index contributed by atoms with van der Waals surface area (Å²) in [7, 11) is 0. The zero-order valence-electron chi connectivity index (χ0n) is 12.0. The molecular formula is C13H22N2O5. The van der Waals surface area contributed by atoms with Crippen molar-refractivity contribution in [3.63, 3.8) is 0 Å². The van der Waals surface area contributed by atoms with Gasteiger partial charge in [-0.05, 0) is 13.8 Å². The molecule has 114 valence electrons. The minimum atomic E-state index is -1.09. The zero-order chi connectivity index (χ0) is 14.8. The van der Waals surface area contributed by atoms with E-state index in [4.69, 9.17) is 19.1 Å². The molecule has 1 aromatic heterocycles. The molecule has 0 aliphatic carbocycles. The van der Waals surface area contributed by atoms with Crippen molar-refractivity contribution < 1.29 is 23.9 Å². The van der Waals surface area contributed by atoms with Gasteiger partial charge in [0.25, 0.3) is 0 Å². The van der Waals surface area contributed by atoms with Crippen LogP contribution in [0.25, 0.3) is 0 Å². The molecule has 0 saturated carbocycles. The Morgan fingerprint density at radius 1 is 1.30 bits per heavy atom. The lowest BCUT2D eigenvalue weighted by Gasteiger charge is -2.20. The maximum atomic E-state index is 10.7. The van der Waals surface area contributed by atoms with Crippen LogP contribution in [0.2, 0.25) is 0 Å². The second-order valence-corrected chi connectivity index (χ2v) is 4.15. The van der Waals surface area contributed by atoms with Crippen molar-refractivity contribution in [3.8, 4) is 0 Å². The van der Waals surface area contributed by atoms with Crippen molar-refractivity contribution in [2.24, 2.45) is 0 Å². The highest BCUT2D eigenvalue weighted by atomic mass is 16.5. The smallest absolute Gasteiger partial charge is 0.358 e. The molecule has 0 radical (unpaired) electrons. The van der Waals surface area contributed by atoms with Crippen molar-refractivity contribution >= 4 is 5.97 Å². The number of carboxylic acids is 1. The SMILES string of the molecule is CCOCCN(CCOCC)Cc1cc(C(=O)O)no1. The van der Waals surface area contributed by atoms with Crippen LogP contribution in [0.4, 0.5) is 0 Å². The van der Waals surface area contributed by atoms with E-state index in [-0.39, 0.29) is 5.69 Å². The number of carboxylic acid groups (broad SMARTS) is 1. The predicted octanol–water partition coefficient (Wildman–Crippen LogP) is 1.25. The molecule has 0 bridgehead atoms. The van der Waals surface area contributed by atoms with E-state index in [1.54, 1.807) is 0 Å². The van der Waals surface area contributed by atoms with Crippen LogP contribution in [-0.4, -0.2) is 60.6 Å². The van der Waals surface area contributed by atoms with Gasteiger partial charge in [0, 0.05) is 32.4 Å². The topological polar surface area (TPSA) is 85.0 Å². The number of carbonyl (C=O) groups is 1. The van der Waals surface area contributed by atoms with Gasteiger partial charge < -0.3 is 19.1 Å². The van der Waals surface area contributed by atoms with Gasteiger partial charge in [0.15, 0.2) is 11.5 Å². The molecule has 0 spiro atoms. The Morgan fingerprint density at radius 3 is 2.35 bits per heavy atom. The number of ether oxygens (including phenoxy) is 2. The third kappa shape index (κ3) is 6.14. The summed E-state index contributed by atoms with van der Waals surface area (Å²) >= 11 is 0. The third-order valence-corrected chi connectivity index (χ3v) is 2.67. The van der Waals surface area contributed by atoms with Gasteiger partial charge in [0.1, 0.15) is 0 Å². The van der Waals surface area contributed by atoms with Gasteiger partial charge in [-0.15, -0.1) is 0 Å². The number of rotatable bonds is 11. The van der Waals surface area contributed by atoms with Crippen LogP contribution >= 0.6 is 0 Å². The van der Waals surface area contributed by atoms with Crippen LogP contribution in [0, 0.1) is 0 Å². The molecule has 1 heterocycles. The fourth-order valence-electron chi connectivity index (χ4n) is 1.65. The van der Waals surface area contributed by atoms with Gasteiger partial charge >= 0.3 is 5.97 Å². The van der Waals surface area contributed by atoms with Gasteiger partial charge in [-0.3, -0.25) is 4.90 Å². The Kier molecular flexibility index (Phi) is 7.86. The Balaban J connectivity index is 2.49. The molecule has 1 aromatic rings. The number of aromatic carboxylic acids is 1. The highest BCUT2D eigenvalue weighted by Gasteiger charge is 2.14. The highest BCUT2D eigenvalue weighted by Crippen LogP contribution is 2.07. The largest absolute Gasteiger partial charge is 0.476 e. The fraction of sp³-hybridized carbons (Fsp3) is 0.692. The summed E-state index contributed by atoms with van der Waals surface area (Å²) in [5, 5.41) is 12.3. The van der Waals surface area contributed by atoms with Crippen molar-refractivity contribution in [1.82, 2.24) is 10.1 Å². The van der Waals surface area contributed by atoms with Gasteiger partial charge in [0.2, 0.25) is 0 Å². The van der Waals surface area contributed by atoms with Gasteiger partial charge in [-0.2, -0.15) is 0 Å². The van der Waals surface area contributed by atoms with Gasteiger partial charge in [-0.1, -0.05) is 5.16 Å². The third-order valence-electron chi connectivity index (χ3n) is 2.67. The monoisotopic (exact) mass is 286 g/mol. The maximum absolute atomic E-state index is 10.7. The van der Waals surface area contributed by atoms with Crippen molar-refractivity contribution in [1.29, 1.82) is 0 Å². The number of hydrogen-bond acceptors (Lipinski definition) is 6. The maximum Gasteiger partial charge on any atom is 0.358 e. The van der Waals surface area contributed by atoms with Crippen LogP contribution < -0.4 is 0 Å². The average Bonchev–Trinajstić information content (AvgIpc) is 2.88. The van der Waals surface area contributed by atoms with E-state index in [0.717, 1.165) is 13.1 Å². The normalized spacial score (nSPS) is 11.2. The summed E-state index contributed by atoms with van der Waals surface area (Å²) in [6, 6.07) is 1.44. The second-order valence-electron chi connectivity index (χ2n) is 4.15. The summed E-state index contributed by atoms with van der Waals surface area (Å²) in [6.45, 7) is 8.40. The van der Waals surface area contributed by atoms with E-state index in [1.807, 2.05) is 13.8 Å². The molecule has 0 aromatic carbocycles. The minimum Gasteiger partial charge on any atom is -0.476 e. The standard InChI is InChI=1S/C13H22N2O5/c1-3-18-7-5-15(6-8-19-4-2)10-11-9-12(13(16)17)14-20-11/h9H,3-8,10H2,1-2H3,(H,16,17). The molecule has 20 heavy (non-hydrogen) atoms. The molecule has 0 atom stereocenters. The van der Waals surface area contributed by atoms with Crippen LogP contribution in [0.5, 0.6) is 0 Å². The molecule has 0 amide bonds. The van der Waals surface area contributed by atoms with Crippen LogP contribution in [0.1, 0.15) is 30.1 Å². The molecule has 7 heteroatoms. The molecule has 0 aliphatic heterocycles. The molecule has 0 aliphatic rings. The van der Waals surface area contributed by atoms with E-state index < -0.39 is 5.97 Å². The Morgan fingerprint density at radius 2 is 1.90 bits per heavy atom. The number of nitrogens with zero attached hydrogens (tertiary/aromatic N) is 2. The Bertz CT molecular complexity index is 384. The molecule has 0 unspecified atom stereocenters. The molecule has 0 fully saturated rings. The zero-order valence-corrected chi connectivity index (χ0v) is 12.0. The number of hydrogen-bond donors (Lipinski definition) is 1. The van der Waals surface area contributed by atoms with Crippen LogP contribution in [0.3, 0.4) is 0 Å². The lowest BCUT2D eigenvalue weighted by atomic mass is 10.3. The first-order valence-corrected chi connectivity index (χ1v) is 6.74. The van der Waals surface area contributed by atoms with Crippen molar-refractivity contribution in [2.75, 3.05) is 39.5 Å². The van der Waals surface area contributed by atoms with E-state index in [9.17, 15) is 4.79 Å². The van der Waals surface area contributed by atoms with Crippen LogP contribution in [0.15, 0.2) is 10.6 Å². The first kappa shape index (κ1) is 16.6. The van der Waals surface area contributed by atoms with E-state index >= 15 is 0 Å². The quantitative estimate of drug-likeness (QED) is 0.613. The van der Waals surface area contributed by atoms with Gasteiger partial charge in [-0.25, -0.2) is 4.79 Å². The predicted molar refractivity (Wildman–Crippen MR) is 71.7 cm³/mol. The first-order valence-electron chi connectivity index (χ1n) is 6.74. The van der Waals surface area contributed by atoms with E-state index in [1.165, 1.54) is 6.07 Å². The average molecular weight is 286 g/mol. The molecule has 1 N–H and O–H groups in total. The fourth-order valence-corrected chi connectivity index (χ4v) is 1.65. The molecule has 1 rings (SSSR count). The summed E-state index contributed by atoms with van der Waals surface area (Å²) in [5.41, 5.74) is -0.0745. The number of aromatic nitrogens is 1. The highest BCUT2D eigenvalue weighted by molar-refractivity contribution is 5.85. The van der Waals surface area contributed by atoms with Crippen molar-refractivity contribution in [2.45, 2.75) is 20.4 Å². The second kappa shape index (κ2) is 9.46. The summed E-state index contributed by atoms with van der Waals surface area (Å²) in [6.07, 6.45) is 0. The van der Waals surface area contributed by atoms with E-state index in [2.05, 4.69) is 10.1 Å². The first-order chi connectivity index (χ1) is 9.67. The Hall–Kier alpha value is -1.44. The molecule has 7 nitrogen and oxygen atoms in total. The summed E-state index contributed by atoms with van der Waals surface area (Å²) in [4.78, 5) is 12.8. The summed E-state index contributed by atoms with van der Waals surface area (Å²) < 4.78 is 15.7. The van der Waals surface area contributed by atoms with E-state index in [0.29, 0.717) is 38.7 Å². The lowest BCUT2D eigenvalue weighted by Crippen LogP contribution is -2.30. The van der Waals surface area contributed by atoms with Crippen molar-refractivity contribution in [3.05, 3.63) is 17.5 Å². The van der Waals surface area contributed by atoms with Gasteiger partial charge in [0.05, 0.1) is 19.8 Å². The molecule has 0 saturated heterocycles. The summed E-state index contributed by atoms with van der Waals surface area (Å²) in [5.74, 6) is -0.564. The van der Waals surface area contributed by atoms with Crippen LogP contribution in [-0.2, 0) is 16.0 Å².